The fraction of sp³-hybridized carbons (Fsp3) is 0.143. The van der Waals surface area contributed by atoms with E-state index in [4.69, 9.17) is 4.74 Å². The molecule has 180 valence electrons. The number of rotatable bonds is 8. The molecule has 8 heteroatoms. The lowest BCUT2D eigenvalue weighted by atomic mass is 10.0. The molecule has 2 aromatic heterocycles. The van der Waals surface area contributed by atoms with Crippen molar-refractivity contribution in [3.8, 4) is 28.5 Å². The number of anilines is 1. The molecule has 0 fully saturated rings. The maximum absolute atomic E-state index is 12.5. The van der Waals surface area contributed by atoms with E-state index in [1.807, 2.05) is 35.7 Å². The maximum Gasteiger partial charge on any atom is 0.341 e. The SMILES string of the molecule is CCOC(=O)c1c(NC=C(C#N)c2nc(-c3ccc(-c4ccccc4)cc3)cs2)sc(C(C)=O)c1C. The number of esters is 1. The Morgan fingerprint density at radius 1 is 1.08 bits per heavy atom. The van der Waals surface area contributed by atoms with E-state index in [1.54, 1.807) is 13.8 Å². The highest BCUT2D eigenvalue weighted by molar-refractivity contribution is 7.18. The molecule has 0 aliphatic carbocycles. The van der Waals surface area contributed by atoms with Crippen molar-refractivity contribution in [2.45, 2.75) is 20.8 Å². The monoisotopic (exact) mass is 513 g/mol. The highest BCUT2D eigenvalue weighted by Crippen LogP contribution is 2.35. The molecule has 6 nitrogen and oxygen atoms in total. The van der Waals surface area contributed by atoms with Gasteiger partial charge in [-0.2, -0.15) is 5.26 Å². The summed E-state index contributed by atoms with van der Waals surface area (Å²) in [5, 5.41) is 15.7. The summed E-state index contributed by atoms with van der Waals surface area (Å²) in [5.74, 6) is -0.646. The molecule has 0 aliphatic rings. The Balaban J connectivity index is 1.59. The number of ether oxygens (including phenoxy) is 1. The first-order valence-electron chi connectivity index (χ1n) is 11.2. The molecular weight excluding hydrogens is 490 g/mol. The number of allylic oxidation sites excluding steroid dienone is 1. The Hall–Kier alpha value is -4.06. The molecule has 0 saturated carbocycles. The number of nitriles is 1. The van der Waals surface area contributed by atoms with Crippen LogP contribution in [0.15, 0.2) is 66.2 Å². The van der Waals surface area contributed by atoms with Gasteiger partial charge in [-0.15, -0.1) is 22.7 Å². The number of hydrogen-bond acceptors (Lipinski definition) is 8. The summed E-state index contributed by atoms with van der Waals surface area (Å²) in [6, 6.07) is 20.4. The van der Waals surface area contributed by atoms with Crippen LogP contribution in [0.2, 0.25) is 0 Å². The summed E-state index contributed by atoms with van der Waals surface area (Å²) >= 11 is 2.53. The highest BCUT2D eigenvalue weighted by atomic mass is 32.1. The molecule has 0 radical (unpaired) electrons. The van der Waals surface area contributed by atoms with Gasteiger partial charge in [-0.05, 0) is 37.5 Å². The third-order valence-corrected chi connectivity index (χ3v) is 7.64. The van der Waals surface area contributed by atoms with Crippen molar-refractivity contribution in [2.24, 2.45) is 0 Å². The maximum atomic E-state index is 12.5. The zero-order chi connectivity index (χ0) is 25.7. The second kappa shape index (κ2) is 11.1. The van der Waals surface area contributed by atoms with E-state index >= 15 is 0 Å². The number of thiazole rings is 1. The summed E-state index contributed by atoms with van der Waals surface area (Å²) in [7, 11) is 0. The fourth-order valence-electron chi connectivity index (χ4n) is 3.67. The van der Waals surface area contributed by atoms with Crippen LogP contribution in [0.5, 0.6) is 0 Å². The van der Waals surface area contributed by atoms with E-state index in [1.165, 1.54) is 35.8 Å². The first-order chi connectivity index (χ1) is 17.4. The molecule has 0 saturated heterocycles. The van der Waals surface area contributed by atoms with Crippen LogP contribution in [0.1, 0.15) is 44.4 Å². The molecular formula is C28H23N3O3S2. The number of nitrogens with zero attached hydrogens (tertiary/aromatic N) is 2. The molecule has 2 aromatic carbocycles. The zero-order valence-corrected chi connectivity index (χ0v) is 21.6. The van der Waals surface area contributed by atoms with E-state index in [0.717, 1.165) is 22.4 Å². The van der Waals surface area contributed by atoms with Gasteiger partial charge in [0.05, 0.1) is 22.7 Å². The van der Waals surface area contributed by atoms with Gasteiger partial charge in [0.2, 0.25) is 0 Å². The van der Waals surface area contributed by atoms with Gasteiger partial charge in [-0.25, -0.2) is 9.78 Å². The number of aromatic nitrogens is 1. The summed E-state index contributed by atoms with van der Waals surface area (Å²) < 4.78 is 5.17. The number of thiophene rings is 1. The van der Waals surface area contributed by atoms with Crippen LogP contribution in [-0.4, -0.2) is 23.3 Å². The van der Waals surface area contributed by atoms with Gasteiger partial charge in [0, 0.05) is 17.1 Å². The highest BCUT2D eigenvalue weighted by Gasteiger charge is 2.24. The topological polar surface area (TPSA) is 92.1 Å². The van der Waals surface area contributed by atoms with Crippen LogP contribution >= 0.6 is 22.7 Å². The van der Waals surface area contributed by atoms with Crippen molar-refractivity contribution < 1.29 is 14.3 Å². The molecule has 0 bridgehead atoms. The van der Waals surface area contributed by atoms with Gasteiger partial charge < -0.3 is 10.1 Å². The van der Waals surface area contributed by atoms with Crippen molar-refractivity contribution in [3.63, 3.8) is 0 Å². The quantitative estimate of drug-likeness (QED) is 0.152. The Kier molecular flexibility index (Phi) is 7.74. The van der Waals surface area contributed by atoms with Crippen molar-refractivity contribution in [1.29, 1.82) is 5.26 Å². The number of nitrogens with one attached hydrogen (secondary N) is 1. The first kappa shape index (κ1) is 25.0. The predicted molar refractivity (Wildman–Crippen MR) is 145 cm³/mol. The smallest absolute Gasteiger partial charge is 0.341 e. The summed E-state index contributed by atoms with van der Waals surface area (Å²) in [5.41, 5.74) is 5.17. The van der Waals surface area contributed by atoms with Crippen molar-refractivity contribution in [1.82, 2.24) is 4.98 Å². The van der Waals surface area contributed by atoms with Crippen molar-refractivity contribution >= 4 is 45.0 Å². The second-order valence-corrected chi connectivity index (χ2v) is 9.71. The van der Waals surface area contributed by atoms with Crippen molar-refractivity contribution in [3.05, 3.63) is 87.2 Å². The number of ketones is 1. The second-order valence-electron chi connectivity index (χ2n) is 7.83. The lowest BCUT2D eigenvalue weighted by molar-refractivity contribution is 0.0527. The molecule has 1 N–H and O–H groups in total. The standard InChI is InChI=1S/C28H23N3O3S2/c1-4-34-28(33)24-17(2)25(18(3)32)36-27(24)30-15-22(14-29)26-31-23(16-35-26)21-12-10-20(11-13-21)19-8-6-5-7-9-19/h5-13,15-16,30H,4H2,1-3H3. The molecule has 4 rings (SSSR count). The molecule has 36 heavy (non-hydrogen) atoms. The minimum Gasteiger partial charge on any atom is -0.462 e. The third kappa shape index (κ3) is 5.28. The van der Waals surface area contributed by atoms with Gasteiger partial charge in [-0.1, -0.05) is 54.6 Å². The van der Waals surface area contributed by atoms with Crippen molar-refractivity contribution in [2.75, 3.05) is 11.9 Å². The Morgan fingerprint density at radius 2 is 1.75 bits per heavy atom. The number of Topliss-reactive ketones (excluding diaryl/α,β-unsaturated/α-hetero) is 1. The van der Waals surface area contributed by atoms with E-state index in [-0.39, 0.29) is 12.4 Å². The molecule has 0 atom stereocenters. The van der Waals surface area contributed by atoms with Gasteiger partial charge in [-0.3, -0.25) is 4.79 Å². The van der Waals surface area contributed by atoms with Crippen LogP contribution in [0.3, 0.4) is 0 Å². The Labute approximate surface area is 217 Å². The summed E-state index contributed by atoms with van der Waals surface area (Å²) in [4.78, 5) is 29.7. The van der Waals surface area contributed by atoms with Crippen LogP contribution < -0.4 is 5.32 Å². The number of benzene rings is 2. The van der Waals surface area contributed by atoms with Crippen LogP contribution in [0.4, 0.5) is 5.00 Å². The minimum atomic E-state index is -0.511. The Bertz CT molecular complexity index is 1480. The third-order valence-electron chi connectivity index (χ3n) is 5.44. The van der Waals surface area contributed by atoms with Gasteiger partial charge in [0.15, 0.2) is 5.78 Å². The van der Waals surface area contributed by atoms with E-state index < -0.39 is 5.97 Å². The first-order valence-corrected chi connectivity index (χ1v) is 12.9. The average molecular weight is 514 g/mol. The van der Waals surface area contributed by atoms with Gasteiger partial charge >= 0.3 is 5.97 Å². The summed E-state index contributed by atoms with van der Waals surface area (Å²) in [6.07, 6.45) is 1.51. The van der Waals surface area contributed by atoms with Crippen LogP contribution in [0, 0.1) is 18.3 Å². The molecule has 0 spiro atoms. The van der Waals surface area contributed by atoms with E-state index in [2.05, 4.69) is 40.6 Å². The zero-order valence-electron chi connectivity index (χ0n) is 20.0. The molecule has 4 aromatic rings. The molecule has 0 aliphatic heterocycles. The van der Waals surface area contributed by atoms with Crippen LogP contribution in [0.25, 0.3) is 28.0 Å². The molecule has 2 heterocycles. The van der Waals surface area contributed by atoms with E-state index in [0.29, 0.717) is 31.6 Å². The summed E-state index contributed by atoms with van der Waals surface area (Å²) in [6.45, 7) is 5.12. The normalized spacial score (nSPS) is 11.1. The lowest BCUT2D eigenvalue weighted by Gasteiger charge is -2.05. The predicted octanol–water partition coefficient (Wildman–Crippen LogP) is 7.20. The number of carbonyl (C=O) groups excluding carboxylic acids is 2. The average Bonchev–Trinajstić information content (AvgIpc) is 3.50. The Morgan fingerprint density at radius 3 is 2.39 bits per heavy atom. The largest absolute Gasteiger partial charge is 0.462 e. The number of carbonyl (C=O) groups is 2. The van der Waals surface area contributed by atoms with Gasteiger partial charge in [0.25, 0.3) is 0 Å². The molecule has 0 unspecified atom stereocenters. The molecule has 0 amide bonds. The number of hydrogen-bond donors (Lipinski definition) is 1. The minimum absolute atomic E-state index is 0.136. The van der Waals surface area contributed by atoms with Crippen LogP contribution in [-0.2, 0) is 4.74 Å². The van der Waals surface area contributed by atoms with Gasteiger partial charge in [0.1, 0.15) is 21.7 Å². The fourth-order valence-corrected chi connectivity index (χ4v) is 5.53. The van der Waals surface area contributed by atoms with E-state index in [9.17, 15) is 14.9 Å². The lowest BCUT2D eigenvalue weighted by Crippen LogP contribution is -2.08.